The first-order valence-corrected chi connectivity index (χ1v) is 8.40. The van der Waals surface area contributed by atoms with Crippen LogP contribution in [-0.2, 0) is 16.1 Å². The molecule has 0 unspecified atom stereocenters. The Kier molecular flexibility index (Phi) is 4.78. The Labute approximate surface area is 140 Å². The van der Waals surface area contributed by atoms with Crippen molar-refractivity contribution in [2.24, 2.45) is 0 Å². The van der Waals surface area contributed by atoms with Crippen molar-refractivity contribution >= 4 is 22.9 Å². The lowest BCUT2D eigenvalue weighted by molar-refractivity contribution is -0.137. The highest BCUT2D eigenvalue weighted by Crippen LogP contribution is 2.17. The van der Waals surface area contributed by atoms with Crippen molar-refractivity contribution < 1.29 is 14.3 Å². The molecule has 0 saturated carbocycles. The van der Waals surface area contributed by atoms with Crippen molar-refractivity contribution in [3.8, 4) is 0 Å². The van der Waals surface area contributed by atoms with E-state index in [-0.39, 0.29) is 18.6 Å². The van der Waals surface area contributed by atoms with Crippen molar-refractivity contribution in [1.82, 2.24) is 19.9 Å². The number of aromatic nitrogens is 3. The first kappa shape index (κ1) is 16.4. The van der Waals surface area contributed by atoms with E-state index < -0.39 is 5.97 Å². The number of rotatable bonds is 4. The van der Waals surface area contributed by atoms with Gasteiger partial charge in [0.15, 0.2) is 6.61 Å². The van der Waals surface area contributed by atoms with Crippen LogP contribution in [0.15, 0.2) is 18.2 Å². The molecule has 1 amide bonds. The van der Waals surface area contributed by atoms with Crippen LogP contribution in [0.5, 0.6) is 0 Å². The normalized spacial score (nSPS) is 17.9. The number of benzene rings is 1. The molecular formula is C17H22N4O3. The molecule has 0 N–H and O–H groups in total. The number of ether oxygens (including phenoxy) is 1. The number of esters is 1. The molecule has 7 heteroatoms. The third-order valence-electron chi connectivity index (χ3n) is 4.50. The van der Waals surface area contributed by atoms with Crippen LogP contribution < -0.4 is 0 Å². The van der Waals surface area contributed by atoms with Gasteiger partial charge in [0.25, 0.3) is 5.91 Å². The van der Waals surface area contributed by atoms with Crippen LogP contribution >= 0.6 is 0 Å². The number of carbonyl (C=O) groups excluding carboxylic acids is 2. The van der Waals surface area contributed by atoms with Crippen LogP contribution in [0.25, 0.3) is 11.0 Å². The smallest absolute Gasteiger partial charge is 0.338 e. The number of aryl methyl sites for hydroxylation is 1. The second-order valence-corrected chi connectivity index (χ2v) is 6.12. The van der Waals surface area contributed by atoms with E-state index in [9.17, 15) is 9.59 Å². The van der Waals surface area contributed by atoms with Crippen molar-refractivity contribution in [3.05, 3.63) is 23.8 Å². The van der Waals surface area contributed by atoms with E-state index in [1.54, 1.807) is 27.8 Å². The van der Waals surface area contributed by atoms with E-state index in [0.717, 1.165) is 31.3 Å². The lowest BCUT2D eigenvalue weighted by Crippen LogP contribution is -2.44. The molecule has 1 aromatic carbocycles. The number of carbonyl (C=O) groups is 2. The molecule has 128 valence electrons. The van der Waals surface area contributed by atoms with Gasteiger partial charge in [-0.05, 0) is 51.3 Å². The number of piperidine rings is 1. The van der Waals surface area contributed by atoms with Crippen LogP contribution in [0, 0.1) is 0 Å². The van der Waals surface area contributed by atoms with E-state index in [4.69, 9.17) is 4.74 Å². The molecule has 0 aliphatic carbocycles. The lowest BCUT2D eigenvalue weighted by atomic mass is 10.0. The predicted octanol–water partition coefficient (Wildman–Crippen LogP) is 2.01. The van der Waals surface area contributed by atoms with Crippen molar-refractivity contribution in [3.63, 3.8) is 0 Å². The first-order chi connectivity index (χ1) is 11.6. The Hall–Kier alpha value is -2.44. The van der Waals surface area contributed by atoms with Crippen LogP contribution in [0.3, 0.4) is 0 Å². The standard InChI is InChI=1S/C17H22N4O3/c1-3-21-15-8-7-13(10-14(15)18-19-21)17(23)24-11-16(22)20-9-5-4-6-12(20)2/h7-8,10,12H,3-6,9,11H2,1-2H3/t12-/m1/s1. The van der Waals surface area contributed by atoms with Gasteiger partial charge in [0.2, 0.25) is 0 Å². The van der Waals surface area contributed by atoms with Gasteiger partial charge in [-0.25, -0.2) is 9.48 Å². The third kappa shape index (κ3) is 3.25. The van der Waals surface area contributed by atoms with E-state index in [2.05, 4.69) is 10.3 Å². The van der Waals surface area contributed by atoms with Gasteiger partial charge >= 0.3 is 5.97 Å². The zero-order valence-electron chi connectivity index (χ0n) is 14.1. The summed E-state index contributed by atoms with van der Waals surface area (Å²) in [6, 6.07) is 5.33. The number of hydrogen-bond donors (Lipinski definition) is 0. The number of fused-ring (bicyclic) bond motifs is 1. The van der Waals surface area contributed by atoms with Gasteiger partial charge in [-0.1, -0.05) is 5.21 Å². The van der Waals surface area contributed by atoms with E-state index in [0.29, 0.717) is 17.6 Å². The molecule has 1 aliphatic rings. The Morgan fingerprint density at radius 2 is 2.17 bits per heavy atom. The Balaban J connectivity index is 1.63. The van der Waals surface area contributed by atoms with Crippen molar-refractivity contribution in [2.45, 2.75) is 45.7 Å². The summed E-state index contributed by atoms with van der Waals surface area (Å²) in [4.78, 5) is 26.2. The Bertz CT molecular complexity index is 755. The minimum atomic E-state index is -0.513. The molecule has 1 fully saturated rings. The fourth-order valence-electron chi connectivity index (χ4n) is 3.09. The Morgan fingerprint density at radius 1 is 1.33 bits per heavy atom. The number of hydrogen-bond acceptors (Lipinski definition) is 5. The summed E-state index contributed by atoms with van der Waals surface area (Å²) >= 11 is 0. The summed E-state index contributed by atoms with van der Waals surface area (Å²) in [5.74, 6) is -0.644. The van der Waals surface area contributed by atoms with E-state index >= 15 is 0 Å². The van der Waals surface area contributed by atoms with Gasteiger partial charge in [0.05, 0.1) is 11.1 Å². The van der Waals surface area contributed by atoms with Gasteiger partial charge in [-0.2, -0.15) is 0 Å². The van der Waals surface area contributed by atoms with E-state index in [1.807, 2.05) is 13.8 Å². The minimum Gasteiger partial charge on any atom is -0.452 e. The summed E-state index contributed by atoms with van der Waals surface area (Å²) < 4.78 is 6.94. The Morgan fingerprint density at radius 3 is 2.92 bits per heavy atom. The molecule has 3 rings (SSSR count). The molecule has 7 nitrogen and oxygen atoms in total. The predicted molar refractivity (Wildman–Crippen MR) is 88.5 cm³/mol. The summed E-state index contributed by atoms with van der Waals surface area (Å²) in [5, 5.41) is 8.05. The lowest BCUT2D eigenvalue weighted by Gasteiger charge is -2.33. The zero-order valence-corrected chi connectivity index (χ0v) is 14.1. The largest absolute Gasteiger partial charge is 0.452 e. The van der Waals surface area contributed by atoms with Gasteiger partial charge in [0.1, 0.15) is 5.52 Å². The van der Waals surface area contributed by atoms with Crippen LogP contribution in [0.2, 0.25) is 0 Å². The maximum atomic E-state index is 12.2. The van der Waals surface area contributed by atoms with Crippen molar-refractivity contribution in [1.29, 1.82) is 0 Å². The second-order valence-electron chi connectivity index (χ2n) is 6.12. The highest BCUT2D eigenvalue weighted by atomic mass is 16.5. The van der Waals surface area contributed by atoms with Gasteiger partial charge < -0.3 is 9.64 Å². The summed E-state index contributed by atoms with van der Waals surface area (Å²) in [5.41, 5.74) is 1.89. The monoisotopic (exact) mass is 330 g/mol. The van der Waals surface area contributed by atoms with Crippen molar-refractivity contribution in [2.75, 3.05) is 13.2 Å². The quantitative estimate of drug-likeness (QED) is 0.802. The fourth-order valence-corrected chi connectivity index (χ4v) is 3.09. The fraction of sp³-hybridized carbons (Fsp3) is 0.529. The third-order valence-corrected chi connectivity index (χ3v) is 4.50. The number of amides is 1. The number of nitrogens with zero attached hydrogens (tertiary/aromatic N) is 4. The molecule has 0 bridgehead atoms. The molecule has 2 heterocycles. The van der Waals surface area contributed by atoms with Crippen LogP contribution in [0.4, 0.5) is 0 Å². The molecule has 0 radical (unpaired) electrons. The first-order valence-electron chi connectivity index (χ1n) is 8.40. The second kappa shape index (κ2) is 6.98. The molecule has 1 saturated heterocycles. The van der Waals surface area contributed by atoms with E-state index in [1.165, 1.54) is 0 Å². The highest BCUT2D eigenvalue weighted by Gasteiger charge is 2.24. The maximum absolute atomic E-state index is 12.2. The zero-order chi connectivity index (χ0) is 17.1. The molecule has 1 aromatic heterocycles. The highest BCUT2D eigenvalue weighted by molar-refractivity contribution is 5.94. The van der Waals surface area contributed by atoms with Gasteiger partial charge in [0, 0.05) is 19.1 Å². The SMILES string of the molecule is CCn1nnc2cc(C(=O)OCC(=O)N3CCCC[C@H]3C)ccc21. The molecule has 24 heavy (non-hydrogen) atoms. The van der Waals surface area contributed by atoms with Gasteiger partial charge in [-0.15, -0.1) is 5.10 Å². The van der Waals surface area contributed by atoms with Crippen LogP contribution in [-0.4, -0.2) is 51.0 Å². The molecule has 1 atom stereocenters. The summed E-state index contributed by atoms with van der Waals surface area (Å²) in [7, 11) is 0. The average molecular weight is 330 g/mol. The summed E-state index contributed by atoms with van der Waals surface area (Å²) in [6.07, 6.45) is 3.15. The molecule has 2 aromatic rings. The average Bonchev–Trinajstić information content (AvgIpc) is 3.02. The molecule has 0 spiro atoms. The molecular weight excluding hydrogens is 308 g/mol. The molecule has 1 aliphatic heterocycles. The topological polar surface area (TPSA) is 77.3 Å². The maximum Gasteiger partial charge on any atom is 0.338 e. The summed E-state index contributed by atoms with van der Waals surface area (Å²) in [6.45, 7) is 5.24. The minimum absolute atomic E-state index is 0.131. The van der Waals surface area contributed by atoms with Gasteiger partial charge in [-0.3, -0.25) is 4.79 Å². The number of likely N-dealkylation sites (tertiary alicyclic amines) is 1. The van der Waals surface area contributed by atoms with Crippen LogP contribution in [0.1, 0.15) is 43.5 Å².